The lowest BCUT2D eigenvalue weighted by Crippen LogP contribution is -2.45. The van der Waals surface area contributed by atoms with Crippen LogP contribution in [0, 0.1) is 11.6 Å². The van der Waals surface area contributed by atoms with Crippen LogP contribution in [-0.4, -0.2) is 31.1 Å². The molecule has 20 heavy (non-hydrogen) atoms. The summed E-state index contributed by atoms with van der Waals surface area (Å²) in [6.07, 6.45) is 0.565. The molecule has 2 rings (SSSR count). The molecular weight excluding hydrogens is 326 g/mol. The minimum absolute atomic E-state index is 0.151. The second-order valence-electron chi connectivity index (χ2n) is 5.25. The zero-order valence-electron chi connectivity index (χ0n) is 11.6. The van der Waals surface area contributed by atoms with Crippen molar-refractivity contribution in [2.75, 3.05) is 26.2 Å². The molecule has 1 aliphatic heterocycles. The Labute approximate surface area is 127 Å². The highest BCUT2D eigenvalue weighted by Crippen LogP contribution is 2.33. The Hall–Kier alpha value is -0.780. The third-order valence-electron chi connectivity index (χ3n) is 3.51. The summed E-state index contributed by atoms with van der Waals surface area (Å²) >= 11 is 3.12. The lowest BCUT2D eigenvalue weighted by Gasteiger charge is -2.35. The molecule has 0 bridgehead atoms. The van der Waals surface area contributed by atoms with Crippen LogP contribution in [0.15, 0.2) is 28.8 Å². The molecule has 0 aliphatic carbocycles. The Morgan fingerprint density at radius 2 is 1.90 bits per heavy atom. The topological polar surface area (TPSA) is 15.3 Å². The number of benzene rings is 1. The fraction of sp³-hybridized carbons (Fsp3) is 0.467. The molecule has 0 spiro atoms. The first kappa shape index (κ1) is 15.6. The van der Waals surface area contributed by atoms with E-state index in [9.17, 15) is 8.78 Å². The summed E-state index contributed by atoms with van der Waals surface area (Å²) in [5.74, 6) is -0.997. The maximum absolute atomic E-state index is 14.2. The van der Waals surface area contributed by atoms with E-state index in [4.69, 9.17) is 0 Å². The molecule has 0 aromatic heterocycles. The van der Waals surface area contributed by atoms with Gasteiger partial charge in [0.05, 0.1) is 0 Å². The molecule has 1 saturated heterocycles. The van der Waals surface area contributed by atoms with Crippen LogP contribution in [0.4, 0.5) is 8.78 Å². The van der Waals surface area contributed by atoms with Crippen LogP contribution in [-0.2, 0) is 0 Å². The van der Waals surface area contributed by atoms with Crippen LogP contribution in [0.25, 0.3) is 0 Å². The van der Waals surface area contributed by atoms with Gasteiger partial charge in [0.2, 0.25) is 0 Å². The molecule has 1 aromatic carbocycles. The van der Waals surface area contributed by atoms with Gasteiger partial charge in [0.25, 0.3) is 0 Å². The molecule has 0 saturated carbocycles. The van der Waals surface area contributed by atoms with Gasteiger partial charge in [-0.2, -0.15) is 0 Å². The Bertz CT molecular complexity index is 476. The third kappa shape index (κ3) is 3.65. The highest BCUT2D eigenvalue weighted by atomic mass is 79.9. The number of nitrogens with zero attached hydrogens (tertiary/aromatic N) is 1. The van der Waals surface area contributed by atoms with Crippen molar-refractivity contribution in [1.29, 1.82) is 0 Å². The van der Waals surface area contributed by atoms with Crippen LogP contribution < -0.4 is 5.32 Å². The van der Waals surface area contributed by atoms with Gasteiger partial charge in [-0.05, 0) is 25.5 Å². The van der Waals surface area contributed by atoms with Gasteiger partial charge in [0, 0.05) is 42.3 Å². The van der Waals surface area contributed by atoms with Crippen molar-refractivity contribution < 1.29 is 8.78 Å². The molecule has 1 heterocycles. The second kappa shape index (κ2) is 6.78. The first-order valence-corrected chi connectivity index (χ1v) is 7.52. The van der Waals surface area contributed by atoms with Gasteiger partial charge in [0.15, 0.2) is 0 Å². The fourth-order valence-electron chi connectivity index (χ4n) is 2.61. The quantitative estimate of drug-likeness (QED) is 0.839. The summed E-state index contributed by atoms with van der Waals surface area (Å²) in [7, 11) is 0. The first-order valence-electron chi connectivity index (χ1n) is 6.72. The lowest BCUT2D eigenvalue weighted by molar-refractivity contribution is 0.166. The number of piperazine rings is 1. The van der Waals surface area contributed by atoms with Crippen LogP contribution in [0.3, 0.4) is 0 Å². The molecule has 5 heteroatoms. The Morgan fingerprint density at radius 1 is 1.35 bits per heavy atom. The van der Waals surface area contributed by atoms with E-state index >= 15 is 0 Å². The summed E-state index contributed by atoms with van der Waals surface area (Å²) in [6, 6.07) is 2.36. The van der Waals surface area contributed by atoms with Crippen molar-refractivity contribution >= 4 is 15.9 Å². The number of rotatable bonds is 4. The van der Waals surface area contributed by atoms with Crippen molar-refractivity contribution in [2.45, 2.75) is 19.4 Å². The zero-order chi connectivity index (χ0) is 14.7. The smallest absolute Gasteiger partial charge is 0.132 e. The molecule has 1 N–H and O–H groups in total. The minimum atomic E-state index is -0.498. The Kier molecular flexibility index (Phi) is 5.29. The molecular formula is C15H19BrF2N2. The predicted octanol–water partition coefficient (Wildman–Crippen LogP) is 3.64. The Balaban J connectivity index is 2.37. The van der Waals surface area contributed by atoms with Crippen molar-refractivity contribution in [1.82, 2.24) is 10.2 Å². The molecule has 1 aliphatic rings. The van der Waals surface area contributed by atoms with E-state index in [1.54, 1.807) is 0 Å². The molecule has 0 unspecified atom stereocenters. The standard InChI is InChI=1S/C15H19BrF2N2/c1-10(2)7-14(20-5-3-19-4-6-20)15-12(17)8-11(16)9-13(15)18/h8-9,14,19H,1,3-7H2,2H3/t14-/m1/s1. The van der Waals surface area contributed by atoms with Crippen molar-refractivity contribution in [3.8, 4) is 0 Å². The maximum Gasteiger partial charge on any atom is 0.132 e. The summed E-state index contributed by atoms with van der Waals surface area (Å²) in [5, 5.41) is 3.25. The maximum atomic E-state index is 14.2. The van der Waals surface area contributed by atoms with Crippen molar-refractivity contribution in [2.24, 2.45) is 0 Å². The highest BCUT2D eigenvalue weighted by molar-refractivity contribution is 9.10. The van der Waals surface area contributed by atoms with Gasteiger partial charge in [0.1, 0.15) is 11.6 Å². The van der Waals surface area contributed by atoms with Gasteiger partial charge in [-0.15, -0.1) is 6.58 Å². The van der Waals surface area contributed by atoms with E-state index in [-0.39, 0.29) is 11.6 Å². The first-order chi connectivity index (χ1) is 9.49. The van der Waals surface area contributed by atoms with E-state index in [1.807, 2.05) is 6.92 Å². The van der Waals surface area contributed by atoms with Gasteiger partial charge >= 0.3 is 0 Å². The summed E-state index contributed by atoms with van der Waals surface area (Å²) < 4.78 is 28.9. The minimum Gasteiger partial charge on any atom is -0.314 e. The highest BCUT2D eigenvalue weighted by Gasteiger charge is 2.27. The van der Waals surface area contributed by atoms with Crippen LogP contribution in [0.2, 0.25) is 0 Å². The van der Waals surface area contributed by atoms with Gasteiger partial charge < -0.3 is 5.32 Å². The van der Waals surface area contributed by atoms with Crippen LogP contribution in [0.5, 0.6) is 0 Å². The molecule has 1 atom stereocenters. The van der Waals surface area contributed by atoms with E-state index in [1.165, 1.54) is 12.1 Å². The summed E-state index contributed by atoms with van der Waals surface area (Å²) in [5.41, 5.74) is 1.08. The predicted molar refractivity (Wildman–Crippen MR) is 80.7 cm³/mol. The monoisotopic (exact) mass is 344 g/mol. The third-order valence-corrected chi connectivity index (χ3v) is 3.97. The second-order valence-corrected chi connectivity index (χ2v) is 6.16. The van der Waals surface area contributed by atoms with Crippen LogP contribution >= 0.6 is 15.9 Å². The van der Waals surface area contributed by atoms with Gasteiger partial charge in [-0.1, -0.05) is 21.5 Å². The number of hydrogen-bond acceptors (Lipinski definition) is 2. The normalized spacial score (nSPS) is 18.0. The van der Waals surface area contributed by atoms with E-state index in [2.05, 4.69) is 32.7 Å². The fourth-order valence-corrected chi connectivity index (χ4v) is 3.01. The zero-order valence-corrected chi connectivity index (χ0v) is 13.1. The summed E-state index contributed by atoms with van der Waals surface area (Å²) in [4.78, 5) is 2.13. The van der Waals surface area contributed by atoms with E-state index in [0.717, 1.165) is 31.8 Å². The van der Waals surface area contributed by atoms with Crippen LogP contribution in [0.1, 0.15) is 24.9 Å². The van der Waals surface area contributed by atoms with E-state index < -0.39 is 11.6 Å². The molecule has 0 radical (unpaired) electrons. The molecule has 2 nitrogen and oxygen atoms in total. The SMILES string of the molecule is C=C(C)C[C@H](c1c(F)cc(Br)cc1F)N1CCNCC1. The van der Waals surface area contributed by atoms with Gasteiger partial charge in [-0.25, -0.2) is 8.78 Å². The summed E-state index contributed by atoms with van der Waals surface area (Å²) in [6.45, 7) is 9.04. The molecule has 0 amide bonds. The molecule has 110 valence electrons. The van der Waals surface area contributed by atoms with Crippen molar-refractivity contribution in [3.63, 3.8) is 0 Å². The van der Waals surface area contributed by atoms with Gasteiger partial charge in [-0.3, -0.25) is 4.90 Å². The molecule has 1 aromatic rings. The largest absolute Gasteiger partial charge is 0.314 e. The number of hydrogen-bond donors (Lipinski definition) is 1. The average Bonchev–Trinajstić information content (AvgIpc) is 2.37. The number of nitrogens with one attached hydrogen (secondary N) is 1. The average molecular weight is 345 g/mol. The number of halogens is 3. The molecule has 1 fully saturated rings. The lowest BCUT2D eigenvalue weighted by atomic mass is 9.97. The van der Waals surface area contributed by atoms with E-state index in [0.29, 0.717) is 10.9 Å². The Morgan fingerprint density at radius 3 is 2.40 bits per heavy atom. The van der Waals surface area contributed by atoms with Crippen molar-refractivity contribution in [3.05, 3.63) is 46.0 Å².